The van der Waals surface area contributed by atoms with Gasteiger partial charge in [-0.3, -0.25) is 9.59 Å². The van der Waals surface area contributed by atoms with Gasteiger partial charge in [0.2, 0.25) is 5.91 Å². The molecule has 7 nitrogen and oxygen atoms in total. The number of hydrogen-bond donors (Lipinski definition) is 2. The largest absolute Gasteiger partial charge is 0.481 e. The first kappa shape index (κ1) is 16.3. The smallest absolute Gasteiger partial charge is 0.316 e. The minimum Gasteiger partial charge on any atom is -0.481 e. The minimum atomic E-state index is -0.875. The fraction of sp³-hybridized carbons (Fsp3) is 0.769. The van der Waals surface area contributed by atoms with Crippen LogP contribution in [0.5, 0.6) is 0 Å². The van der Waals surface area contributed by atoms with Gasteiger partial charge in [0.1, 0.15) is 0 Å². The van der Waals surface area contributed by atoms with Crippen molar-refractivity contribution in [3.63, 3.8) is 0 Å². The number of carbonyl (C=O) groups excluding carboxylic acids is 2. The lowest BCUT2D eigenvalue weighted by atomic mass is 9.81. The first-order valence-electron chi connectivity index (χ1n) is 6.73. The van der Waals surface area contributed by atoms with Gasteiger partial charge >= 0.3 is 12.0 Å². The van der Waals surface area contributed by atoms with Crippen LogP contribution in [0.1, 0.15) is 20.3 Å². The molecule has 0 spiro atoms. The summed E-state index contributed by atoms with van der Waals surface area (Å²) in [6.07, 6.45) is 0.239. The van der Waals surface area contributed by atoms with Crippen LogP contribution in [0.4, 0.5) is 4.79 Å². The molecule has 3 atom stereocenters. The lowest BCUT2D eigenvalue weighted by Crippen LogP contribution is -2.54. The van der Waals surface area contributed by atoms with Crippen molar-refractivity contribution in [2.24, 2.45) is 11.8 Å². The van der Waals surface area contributed by atoms with Crippen LogP contribution < -0.4 is 5.32 Å². The quantitative estimate of drug-likeness (QED) is 0.773. The normalized spacial score (nSPS) is 26.3. The highest BCUT2D eigenvalue weighted by Crippen LogP contribution is 2.29. The molecular formula is C13H23N3O4. The predicted octanol–water partition coefficient (Wildman–Crippen LogP) is 0.215. The van der Waals surface area contributed by atoms with E-state index in [1.54, 1.807) is 32.8 Å². The molecule has 1 saturated heterocycles. The van der Waals surface area contributed by atoms with Crippen LogP contribution >= 0.6 is 0 Å². The third-order valence-corrected chi connectivity index (χ3v) is 3.76. The Labute approximate surface area is 118 Å². The van der Waals surface area contributed by atoms with Crippen LogP contribution in [0, 0.1) is 11.8 Å². The van der Waals surface area contributed by atoms with E-state index in [2.05, 4.69) is 5.32 Å². The second-order valence-electron chi connectivity index (χ2n) is 5.50. The number of amides is 3. The second-order valence-corrected chi connectivity index (χ2v) is 5.50. The number of nitrogens with zero attached hydrogens (tertiary/aromatic N) is 2. The Morgan fingerprint density at radius 2 is 2.00 bits per heavy atom. The van der Waals surface area contributed by atoms with Gasteiger partial charge in [0, 0.05) is 39.6 Å². The molecule has 1 aliphatic rings. The average molecular weight is 285 g/mol. The standard InChI is InChI=1S/C13H23N3O4/c1-8-7-10(17)16(9(2)11(8)12(18)19)6-5-14-13(20)15(3)4/h8-9,11H,5-7H2,1-4H3,(H,14,20)(H,18,19). The number of rotatable bonds is 4. The Morgan fingerprint density at radius 3 is 2.50 bits per heavy atom. The molecule has 0 bridgehead atoms. The number of nitrogens with one attached hydrogen (secondary N) is 1. The SMILES string of the molecule is CC1CC(=O)N(CCNC(=O)N(C)C)C(C)C1C(=O)O. The van der Waals surface area contributed by atoms with Crippen molar-refractivity contribution in [1.82, 2.24) is 15.1 Å². The molecule has 0 aromatic rings. The number of carboxylic acids is 1. The molecule has 1 heterocycles. The summed E-state index contributed by atoms with van der Waals surface area (Å²) in [6.45, 7) is 4.18. The van der Waals surface area contributed by atoms with Crippen molar-refractivity contribution in [3.05, 3.63) is 0 Å². The zero-order valence-electron chi connectivity index (χ0n) is 12.4. The lowest BCUT2D eigenvalue weighted by Gasteiger charge is -2.40. The summed E-state index contributed by atoms with van der Waals surface area (Å²) in [6, 6.07) is -0.592. The molecule has 3 amide bonds. The van der Waals surface area contributed by atoms with E-state index >= 15 is 0 Å². The molecular weight excluding hydrogens is 262 g/mol. The van der Waals surface area contributed by atoms with Gasteiger partial charge in [-0.15, -0.1) is 0 Å². The number of aliphatic carboxylic acids is 1. The molecule has 0 saturated carbocycles. The van der Waals surface area contributed by atoms with Crippen LogP contribution in [-0.4, -0.2) is 66.0 Å². The summed E-state index contributed by atoms with van der Waals surface area (Å²) >= 11 is 0. The molecule has 0 aromatic carbocycles. The maximum Gasteiger partial charge on any atom is 0.316 e. The molecule has 1 rings (SSSR count). The van der Waals surface area contributed by atoms with Gasteiger partial charge in [0.05, 0.1) is 5.92 Å². The van der Waals surface area contributed by atoms with E-state index in [9.17, 15) is 19.5 Å². The summed E-state index contributed by atoms with van der Waals surface area (Å²) in [5.41, 5.74) is 0. The Hall–Kier alpha value is -1.79. The average Bonchev–Trinajstić information content (AvgIpc) is 2.31. The van der Waals surface area contributed by atoms with E-state index in [1.165, 1.54) is 4.90 Å². The zero-order chi connectivity index (χ0) is 15.4. The first-order chi connectivity index (χ1) is 9.25. The monoisotopic (exact) mass is 285 g/mol. The number of urea groups is 1. The summed E-state index contributed by atoms with van der Waals surface area (Å²) in [5, 5.41) is 11.9. The van der Waals surface area contributed by atoms with E-state index in [4.69, 9.17) is 0 Å². The van der Waals surface area contributed by atoms with Gasteiger partial charge in [0.25, 0.3) is 0 Å². The highest BCUT2D eigenvalue weighted by molar-refractivity contribution is 5.82. The Bertz CT molecular complexity index is 397. The minimum absolute atomic E-state index is 0.0541. The topological polar surface area (TPSA) is 90.0 Å². The van der Waals surface area contributed by atoms with E-state index in [-0.39, 0.29) is 30.3 Å². The number of carbonyl (C=O) groups is 3. The maximum absolute atomic E-state index is 12.0. The van der Waals surface area contributed by atoms with Crippen molar-refractivity contribution in [2.75, 3.05) is 27.2 Å². The molecule has 0 aliphatic carbocycles. The van der Waals surface area contributed by atoms with Gasteiger partial charge < -0.3 is 20.2 Å². The molecule has 7 heteroatoms. The van der Waals surface area contributed by atoms with E-state index in [0.29, 0.717) is 13.1 Å². The van der Waals surface area contributed by atoms with Crippen molar-refractivity contribution in [3.8, 4) is 0 Å². The second kappa shape index (κ2) is 6.58. The maximum atomic E-state index is 12.0. The Morgan fingerprint density at radius 1 is 1.40 bits per heavy atom. The number of likely N-dealkylation sites (tertiary alicyclic amines) is 1. The van der Waals surface area contributed by atoms with E-state index < -0.39 is 11.9 Å². The highest BCUT2D eigenvalue weighted by Gasteiger charge is 2.41. The van der Waals surface area contributed by atoms with Crippen molar-refractivity contribution in [1.29, 1.82) is 0 Å². The van der Waals surface area contributed by atoms with E-state index in [1.807, 2.05) is 0 Å². The number of hydrogen-bond acceptors (Lipinski definition) is 3. The molecule has 1 aliphatic heterocycles. The van der Waals surface area contributed by atoms with Crippen molar-refractivity contribution >= 4 is 17.9 Å². The highest BCUT2D eigenvalue weighted by atomic mass is 16.4. The predicted molar refractivity (Wildman–Crippen MR) is 73.2 cm³/mol. The fourth-order valence-corrected chi connectivity index (χ4v) is 2.64. The molecule has 20 heavy (non-hydrogen) atoms. The van der Waals surface area contributed by atoms with E-state index in [0.717, 1.165) is 0 Å². The van der Waals surface area contributed by atoms with Crippen LogP contribution in [0.15, 0.2) is 0 Å². The Kier molecular flexibility index (Phi) is 5.35. The molecule has 3 unspecified atom stereocenters. The molecule has 2 N–H and O–H groups in total. The summed E-state index contributed by atoms with van der Waals surface area (Å²) < 4.78 is 0. The fourth-order valence-electron chi connectivity index (χ4n) is 2.64. The van der Waals surface area contributed by atoms with Crippen LogP contribution in [0.2, 0.25) is 0 Å². The zero-order valence-corrected chi connectivity index (χ0v) is 12.4. The van der Waals surface area contributed by atoms with Crippen LogP contribution in [-0.2, 0) is 9.59 Å². The number of carboxylic acid groups (broad SMARTS) is 1. The van der Waals surface area contributed by atoms with Gasteiger partial charge in [-0.2, -0.15) is 0 Å². The van der Waals surface area contributed by atoms with Crippen LogP contribution in [0.3, 0.4) is 0 Å². The molecule has 0 aromatic heterocycles. The van der Waals surface area contributed by atoms with Gasteiger partial charge in [-0.1, -0.05) is 6.92 Å². The lowest BCUT2D eigenvalue weighted by molar-refractivity contribution is -0.154. The van der Waals surface area contributed by atoms with Crippen LogP contribution in [0.25, 0.3) is 0 Å². The summed E-state index contributed by atoms with van der Waals surface area (Å²) in [5.74, 6) is -1.65. The Balaban J connectivity index is 2.61. The molecule has 114 valence electrons. The third-order valence-electron chi connectivity index (χ3n) is 3.76. The van der Waals surface area contributed by atoms with Crippen molar-refractivity contribution in [2.45, 2.75) is 26.3 Å². The first-order valence-corrected chi connectivity index (χ1v) is 6.73. The molecule has 1 fully saturated rings. The van der Waals surface area contributed by atoms with Gasteiger partial charge in [-0.25, -0.2) is 4.79 Å². The van der Waals surface area contributed by atoms with Gasteiger partial charge in [-0.05, 0) is 12.8 Å². The number of piperidine rings is 1. The third kappa shape index (κ3) is 3.61. The summed E-state index contributed by atoms with van der Waals surface area (Å²) in [4.78, 5) is 37.6. The van der Waals surface area contributed by atoms with Gasteiger partial charge in [0.15, 0.2) is 0 Å². The summed E-state index contributed by atoms with van der Waals surface area (Å²) in [7, 11) is 3.26. The van der Waals surface area contributed by atoms with Crippen molar-refractivity contribution < 1.29 is 19.5 Å². The molecule has 0 radical (unpaired) electrons.